The van der Waals surface area contributed by atoms with Crippen LogP contribution in [0.4, 0.5) is 8.78 Å². The van der Waals surface area contributed by atoms with Crippen molar-refractivity contribution in [2.45, 2.75) is 37.5 Å². The molecule has 1 aliphatic carbocycles. The summed E-state index contributed by atoms with van der Waals surface area (Å²) in [7, 11) is 0. The average Bonchev–Trinajstić information content (AvgIpc) is 2.79. The van der Waals surface area contributed by atoms with Crippen molar-refractivity contribution in [1.82, 2.24) is 0 Å². The summed E-state index contributed by atoms with van der Waals surface area (Å²) in [6.07, 6.45) is -0.158. The molecule has 92 valence electrons. The van der Waals surface area contributed by atoms with Crippen LogP contribution in [0.2, 0.25) is 0 Å². The topological polar surface area (TPSA) is 37.3 Å². The number of carbonyl (C=O) groups is 1. The molecule has 0 amide bonds. The van der Waals surface area contributed by atoms with Crippen LogP contribution in [0.1, 0.15) is 43.2 Å². The Morgan fingerprint density at radius 3 is 2.35 bits per heavy atom. The predicted molar refractivity (Wildman–Crippen MR) is 59.2 cm³/mol. The van der Waals surface area contributed by atoms with Crippen molar-refractivity contribution in [3.8, 4) is 0 Å². The summed E-state index contributed by atoms with van der Waals surface area (Å²) < 4.78 is 25.8. The van der Waals surface area contributed by atoms with Gasteiger partial charge in [-0.1, -0.05) is 37.1 Å². The van der Waals surface area contributed by atoms with Gasteiger partial charge in [0.2, 0.25) is 0 Å². The first kappa shape index (κ1) is 12.0. The van der Waals surface area contributed by atoms with Gasteiger partial charge >= 0.3 is 5.97 Å². The number of rotatable bonds is 3. The highest BCUT2D eigenvalue weighted by molar-refractivity contribution is 5.82. The van der Waals surface area contributed by atoms with Gasteiger partial charge in [0, 0.05) is 5.56 Å². The third kappa shape index (κ3) is 1.92. The Morgan fingerprint density at radius 2 is 1.82 bits per heavy atom. The van der Waals surface area contributed by atoms with Gasteiger partial charge in [0.05, 0.1) is 5.41 Å². The molecular formula is C13H14F2O2. The van der Waals surface area contributed by atoms with E-state index in [1.54, 1.807) is 6.07 Å². The molecule has 4 heteroatoms. The molecule has 1 aromatic carbocycles. The highest BCUT2D eigenvalue weighted by atomic mass is 19.3. The van der Waals surface area contributed by atoms with Crippen molar-refractivity contribution in [3.63, 3.8) is 0 Å². The molecule has 1 saturated carbocycles. The molecule has 2 nitrogen and oxygen atoms in total. The first-order valence-corrected chi connectivity index (χ1v) is 5.69. The normalized spacial score (nSPS) is 18.5. The Kier molecular flexibility index (Phi) is 3.13. The molecule has 1 fully saturated rings. The van der Waals surface area contributed by atoms with Gasteiger partial charge in [0.25, 0.3) is 6.43 Å². The van der Waals surface area contributed by atoms with Gasteiger partial charge < -0.3 is 5.11 Å². The SMILES string of the molecule is O=C(O)C1(c2ccccc2C(F)F)CCCC1. The van der Waals surface area contributed by atoms with Crippen molar-refractivity contribution in [2.75, 3.05) is 0 Å². The minimum absolute atomic E-state index is 0.142. The van der Waals surface area contributed by atoms with E-state index < -0.39 is 17.8 Å². The quantitative estimate of drug-likeness (QED) is 0.877. The lowest BCUT2D eigenvalue weighted by atomic mass is 9.77. The number of carboxylic acid groups (broad SMARTS) is 1. The minimum Gasteiger partial charge on any atom is -0.481 e. The van der Waals surface area contributed by atoms with Crippen LogP contribution in [0, 0.1) is 0 Å². The number of hydrogen-bond donors (Lipinski definition) is 1. The van der Waals surface area contributed by atoms with Crippen LogP contribution in [0.3, 0.4) is 0 Å². The summed E-state index contributed by atoms with van der Waals surface area (Å²) in [5.74, 6) is -0.983. The summed E-state index contributed by atoms with van der Waals surface area (Å²) in [4.78, 5) is 11.5. The maximum atomic E-state index is 12.9. The van der Waals surface area contributed by atoms with Crippen LogP contribution in [-0.4, -0.2) is 11.1 Å². The molecule has 0 aromatic heterocycles. The molecule has 1 N–H and O–H groups in total. The van der Waals surface area contributed by atoms with Crippen molar-refractivity contribution < 1.29 is 18.7 Å². The van der Waals surface area contributed by atoms with E-state index >= 15 is 0 Å². The van der Waals surface area contributed by atoms with Gasteiger partial charge in [-0.3, -0.25) is 4.79 Å². The van der Waals surface area contributed by atoms with Crippen LogP contribution in [0.5, 0.6) is 0 Å². The molecular weight excluding hydrogens is 226 g/mol. The van der Waals surface area contributed by atoms with Gasteiger partial charge in [-0.15, -0.1) is 0 Å². The summed E-state index contributed by atoms with van der Waals surface area (Å²) in [5.41, 5.74) is -0.954. The molecule has 2 rings (SSSR count). The molecule has 0 bridgehead atoms. The number of aliphatic carboxylic acids is 1. The lowest BCUT2D eigenvalue weighted by Crippen LogP contribution is -2.33. The second-order valence-electron chi connectivity index (χ2n) is 4.48. The maximum Gasteiger partial charge on any atom is 0.314 e. The molecule has 0 aliphatic heterocycles. The molecule has 1 aliphatic rings. The summed E-state index contributed by atoms with van der Waals surface area (Å²) >= 11 is 0. The second-order valence-corrected chi connectivity index (χ2v) is 4.48. The van der Waals surface area contributed by atoms with Crippen molar-refractivity contribution in [2.24, 2.45) is 0 Å². The summed E-state index contributed by atoms with van der Waals surface area (Å²) in [6.45, 7) is 0. The Bertz CT molecular complexity index is 423. The van der Waals surface area contributed by atoms with Gasteiger partial charge in [0.15, 0.2) is 0 Å². The molecule has 17 heavy (non-hydrogen) atoms. The highest BCUT2D eigenvalue weighted by Crippen LogP contribution is 2.44. The Hall–Kier alpha value is -1.45. The standard InChI is InChI=1S/C13H14F2O2/c14-11(15)9-5-1-2-6-10(9)13(12(16)17)7-3-4-8-13/h1-2,5-6,11H,3-4,7-8H2,(H,16,17). The van der Waals surface area contributed by atoms with E-state index in [0.717, 1.165) is 12.8 Å². The molecule has 0 heterocycles. The molecule has 0 radical (unpaired) electrons. The van der Waals surface area contributed by atoms with E-state index in [9.17, 15) is 18.7 Å². The summed E-state index contributed by atoms with van der Waals surface area (Å²) in [6, 6.07) is 6.00. The van der Waals surface area contributed by atoms with Gasteiger partial charge in [-0.05, 0) is 18.4 Å². The smallest absolute Gasteiger partial charge is 0.314 e. The van der Waals surface area contributed by atoms with Gasteiger partial charge in [0.1, 0.15) is 0 Å². The zero-order valence-corrected chi connectivity index (χ0v) is 9.33. The minimum atomic E-state index is -2.62. The average molecular weight is 240 g/mol. The lowest BCUT2D eigenvalue weighted by Gasteiger charge is -2.26. The molecule has 0 spiro atoms. The van der Waals surface area contributed by atoms with E-state index in [1.807, 2.05) is 0 Å². The first-order valence-electron chi connectivity index (χ1n) is 5.69. The van der Waals surface area contributed by atoms with Crippen LogP contribution >= 0.6 is 0 Å². The molecule has 0 unspecified atom stereocenters. The second kappa shape index (κ2) is 4.43. The molecule has 1 aromatic rings. The van der Waals surface area contributed by atoms with Crippen LogP contribution in [-0.2, 0) is 10.2 Å². The Labute approximate surface area is 98.3 Å². The predicted octanol–water partition coefficient (Wildman–Crippen LogP) is 3.52. The van der Waals surface area contributed by atoms with Crippen molar-refractivity contribution in [1.29, 1.82) is 0 Å². The van der Waals surface area contributed by atoms with E-state index in [2.05, 4.69) is 0 Å². The van der Waals surface area contributed by atoms with Crippen LogP contribution in [0.25, 0.3) is 0 Å². The third-order valence-corrected chi connectivity index (χ3v) is 3.58. The number of hydrogen-bond acceptors (Lipinski definition) is 1. The molecule has 0 saturated heterocycles. The lowest BCUT2D eigenvalue weighted by molar-refractivity contribution is -0.143. The Morgan fingerprint density at radius 1 is 1.24 bits per heavy atom. The van der Waals surface area contributed by atoms with Gasteiger partial charge in [-0.2, -0.15) is 0 Å². The van der Waals surface area contributed by atoms with Gasteiger partial charge in [-0.25, -0.2) is 8.78 Å². The first-order chi connectivity index (χ1) is 8.08. The summed E-state index contributed by atoms with van der Waals surface area (Å²) in [5, 5.41) is 9.38. The van der Waals surface area contributed by atoms with E-state index in [0.29, 0.717) is 18.4 Å². The van der Waals surface area contributed by atoms with Crippen LogP contribution < -0.4 is 0 Å². The largest absolute Gasteiger partial charge is 0.481 e. The highest BCUT2D eigenvalue weighted by Gasteiger charge is 2.44. The van der Waals surface area contributed by atoms with E-state index in [1.165, 1.54) is 18.2 Å². The maximum absolute atomic E-state index is 12.9. The third-order valence-electron chi connectivity index (χ3n) is 3.58. The van der Waals surface area contributed by atoms with E-state index in [-0.39, 0.29) is 5.56 Å². The zero-order valence-electron chi connectivity index (χ0n) is 9.33. The number of alkyl halides is 2. The monoisotopic (exact) mass is 240 g/mol. The van der Waals surface area contributed by atoms with Crippen LogP contribution in [0.15, 0.2) is 24.3 Å². The van der Waals surface area contributed by atoms with E-state index in [4.69, 9.17) is 0 Å². The van der Waals surface area contributed by atoms with Crippen molar-refractivity contribution >= 4 is 5.97 Å². The fourth-order valence-corrected chi connectivity index (χ4v) is 2.70. The number of benzene rings is 1. The zero-order chi connectivity index (χ0) is 12.5. The fourth-order valence-electron chi connectivity index (χ4n) is 2.70. The van der Waals surface area contributed by atoms with Crippen molar-refractivity contribution in [3.05, 3.63) is 35.4 Å². The fraction of sp³-hybridized carbons (Fsp3) is 0.462. The Balaban J connectivity index is 2.54. The molecule has 0 atom stereocenters. The number of halogens is 2. The number of carboxylic acids is 1.